The molecule has 2 aromatic carbocycles. The van der Waals surface area contributed by atoms with Gasteiger partial charge in [-0.2, -0.15) is 0 Å². The number of pyridine rings is 1. The molecule has 0 radical (unpaired) electrons. The van der Waals surface area contributed by atoms with Gasteiger partial charge in [0.2, 0.25) is 0 Å². The molecule has 0 fully saturated rings. The van der Waals surface area contributed by atoms with Crippen LogP contribution in [0.4, 0.5) is 10.1 Å². The van der Waals surface area contributed by atoms with Gasteiger partial charge in [-0.25, -0.2) is 14.4 Å². The van der Waals surface area contributed by atoms with E-state index in [1.807, 2.05) is 25.1 Å². The molecule has 8 heteroatoms. The average molecular weight is 479 g/mol. The Balaban J connectivity index is 1.78. The Labute approximate surface area is 201 Å². The Kier molecular flexibility index (Phi) is 6.34. The summed E-state index contributed by atoms with van der Waals surface area (Å²) < 4.78 is 14.5. The first-order chi connectivity index (χ1) is 16.1. The first kappa shape index (κ1) is 23.7. The summed E-state index contributed by atoms with van der Waals surface area (Å²) >= 11 is 6.64. The molecule has 0 aliphatic carbocycles. The van der Waals surface area contributed by atoms with E-state index in [1.54, 1.807) is 33.2 Å². The van der Waals surface area contributed by atoms with Gasteiger partial charge in [0, 0.05) is 34.5 Å². The van der Waals surface area contributed by atoms with Crippen LogP contribution in [0.2, 0.25) is 5.02 Å². The molecule has 0 unspecified atom stereocenters. The molecule has 0 bridgehead atoms. The second kappa shape index (κ2) is 9.08. The Hall–Kier alpha value is -3.42. The summed E-state index contributed by atoms with van der Waals surface area (Å²) in [6, 6.07) is 9.48. The van der Waals surface area contributed by atoms with E-state index in [2.05, 4.69) is 20.3 Å². The van der Waals surface area contributed by atoms with E-state index in [0.29, 0.717) is 39.6 Å². The minimum Gasteiger partial charge on any atom is -0.382 e. The fourth-order valence-electron chi connectivity index (χ4n) is 3.74. The molecule has 0 saturated heterocycles. The van der Waals surface area contributed by atoms with Gasteiger partial charge >= 0.3 is 0 Å². The number of aliphatic hydroxyl groups is 1. The topological polar surface area (TPSA) is 88.0 Å². The molecule has 2 N–H and O–H groups in total. The van der Waals surface area contributed by atoms with Crippen LogP contribution < -0.4 is 5.32 Å². The molecule has 0 saturated carbocycles. The monoisotopic (exact) mass is 478 g/mol. The largest absolute Gasteiger partial charge is 0.382 e. The van der Waals surface area contributed by atoms with Gasteiger partial charge in [-0.05, 0) is 63.6 Å². The summed E-state index contributed by atoms with van der Waals surface area (Å²) in [5.41, 5.74) is 3.17. The molecule has 34 heavy (non-hydrogen) atoms. The van der Waals surface area contributed by atoms with Crippen LogP contribution >= 0.6 is 11.6 Å². The lowest BCUT2D eigenvalue weighted by molar-refractivity contribution is 0.0687. The van der Waals surface area contributed by atoms with E-state index < -0.39 is 17.5 Å². The molecule has 0 aliphatic heterocycles. The number of hydrogen-bond acceptors (Lipinski definition) is 6. The third-order valence-corrected chi connectivity index (χ3v) is 6.07. The van der Waals surface area contributed by atoms with Crippen LogP contribution in [0.15, 0.2) is 48.8 Å². The van der Waals surface area contributed by atoms with E-state index >= 15 is 0 Å². The zero-order valence-corrected chi connectivity index (χ0v) is 20.0. The van der Waals surface area contributed by atoms with Crippen molar-refractivity contribution in [3.63, 3.8) is 0 Å². The molecular weight excluding hydrogens is 455 g/mol. The highest BCUT2D eigenvalue weighted by molar-refractivity contribution is 6.35. The van der Waals surface area contributed by atoms with Crippen molar-refractivity contribution in [3.8, 4) is 11.1 Å². The Bertz CT molecular complexity index is 1380. The van der Waals surface area contributed by atoms with Gasteiger partial charge in [0.25, 0.3) is 0 Å². The maximum atomic E-state index is 14.5. The smallest absolute Gasteiger partial charge is 0.159 e. The first-order valence-corrected chi connectivity index (χ1v) is 11.1. The number of anilines is 1. The highest BCUT2D eigenvalue weighted by atomic mass is 35.5. The zero-order chi connectivity index (χ0) is 24.6. The molecule has 2 aromatic heterocycles. The Morgan fingerprint density at radius 1 is 1.12 bits per heavy atom. The number of carbonyl (C=O) groups excluding carboxylic acids is 1. The number of benzene rings is 2. The maximum absolute atomic E-state index is 14.5. The van der Waals surface area contributed by atoms with Crippen molar-refractivity contribution in [2.24, 2.45) is 0 Å². The fraction of sp³-hybridized carbons (Fsp3) is 0.231. The van der Waals surface area contributed by atoms with Crippen LogP contribution in [0.5, 0.6) is 0 Å². The summed E-state index contributed by atoms with van der Waals surface area (Å²) in [6.07, 6.45) is 3.99. The number of nitrogens with one attached hydrogen (secondary N) is 1. The lowest BCUT2D eigenvalue weighted by atomic mass is 10.0. The minimum absolute atomic E-state index is 0.327. The van der Waals surface area contributed by atoms with Crippen molar-refractivity contribution in [2.45, 2.75) is 39.3 Å². The quantitative estimate of drug-likeness (QED) is 0.330. The van der Waals surface area contributed by atoms with Crippen molar-refractivity contribution in [1.29, 1.82) is 0 Å². The summed E-state index contributed by atoms with van der Waals surface area (Å²) in [5.74, 6) is -0.0883. The molecular formula is C26H24ClFN4O2. The normalized spacial score (nSPS) is 12.6. The van der Waals surface area contributed by atoms with Gasteiger partial charge in [-0.15, -0.1) is 0 Å². The van der Waals surface area contributed by atoms with Gasteiger partial charge in [0.1, 0.15) is 17.7 Å². The van der Waals surface area contributed by atoms with Crippen LogP contribution in [-0.2, 0) is 5.60 Å². The zero-order valence-electron chi connectivity index (χ0n) is 19.2. The molecule has 2 heterocycles. The van der Waals surface area contributed by atoms with Crippen molar-refractivity contribution in [3.05, 3.63) is 82.3 Å². The summed E-state index contributed by atoms with van der Waals surface area (Å²) in [7, 11) is 0. The van der Waals surface area contributed by atoms with Crippen LogP contribution in [0.3, 0.4) is 0 Å². The van der Waals surface area contributed by atoms with E-state index in [9.17, 15) is 14.3 Å². The first-order valence-electron chi connectivity index (χ1n) is 10.7. The van der Waals surface area contributed by atoms with E-state index in [-0.39, 0.29) is 0 Å². The molecule has 1 atom stereocenters. The molecule has 0 aliphatic rings. The number of aromatic nitrogens is 3. The Morgan fingerprint density at radius 3 is 2.47 bits per heavy atom. The number of aryl methyl sites for hydroxylation is 1. The predicted molar refractivity (Wildman–Crippen MR) is 132 cm³/mol. The van der Waals surface area contributed by atoms with Gasteiger partial charge in [-0.1, -0.05) is 17.7 Å². The highest BCUT2D eigenvalue weighted by Gasteiger charge is 2.20. The van der Waals surface area contributed by atoms with E-state index in [0.717, 1.165) is 22.0 Å². The SMILES string of the molecule is Cc1nc2ccc(-c3cnc(C(C)(C)O)nc3)cc2c(N[C@H](C)c2cc(C=O)ccc2F)c1Cl. The third-order valence-electron chi connectivity index (χ3n) is 5.61. The molecule has 174 valence electrons. The van der Waals surface area contributed by atoms with Crippen LogP contribution in [0.25, 0.3) is 22.0 Å². The number of hydrogen-bond donors (Lipinski definition) is 2. The lowest BCUT2D eigenvalue weighted by Gasteiger charge is -2.20. The van der Waals surface area contributed by atoms with Gasteiger partial charge < -0.3 is 10.4 Å². The molecule has 0 amide bonds. The van der Waals surface area contributed by atoms with Gasteiger partial charge in [0.05, 0.1) is 28.0 Å². The standard InChI is InChI=1S/C26H24ClFN4O2/c1-14(19-9-16(13-33)5-7-21(19)28)32-24-20-10-17(6-8-22(20)31-15(2)23(24)27)18-11-29-25(30-12-18)26(3,4)34/h5-14,34H,1-4H3,(H,31,32)/t14-/m1/s1. The number of nitrogens with zero attached hydrogens (tertiary/aromatic N) is 3. The van der Waals surface area contributed by atoms with Gasteiger partial charge in [-0.3, -0.25) is 9.78 Å². The second-order valence-corrected chi connectivity index (χ2v) is 9.12. The number of rotatable bonds is 6. The predicted octanol–water partition coefficient (Wildman–Crippen LogP) is 6.01. The number of carbonyl (C=O) groups is 1. The Morgan fingerprint density at radius 2 is 1.82 bits per heavy atom. The van der Waals surface area contributed by atoms with E-state index in [4.69, 9.17) is 11.6 Å². The van der Waals surface area contributed by atoms with Crippen LogP contribution in [0.1, 0.15) is 54.3 Å². The van der Waals surface area contributed by atoms with Gasteiger partial charge in [0.15, 0.2) is 5.82 Å². The third kappa shape index (κ3) is 4.62. The number of fused-ring (bicyclic) bond motifs is 1. The summed E-state index contributed by atoms with van der Waals surface area (Å²) in [6.45, 7) is 6.86. The highest BCUT2D eigenvalue weighted by Crippen LogP contribution is 2.37. The summed E-state index contributed by atoms with van der Waals surface area (Å²) in [4.78, 5) is 24.3. The molecule has 4 aromatic rings. The molecule has 6 nitrogen and oxygen atoms in total. The van der Waals surface area contributed by atoms with E-state index in [1.165, 1.54) is 18.2 Å². The minimum atomic E-state index is -1.14. The van der Waals surface area contributed by atoms with Crippen molar-refractivity contribution < 1.29 is 14.3 Å². The molecule has 4 rings (SSSR count). The van der Waals surface area contributed by atoms with Crippen molar-refractivity contribution in [2.75, 3.05) is 5.32 Å². The average Bonchev–Trinajstić information content (AvgIpc) is 2.81. The van der Waals surface area contributed by atoms with Crippen molar-refractivity contribution in [1.82, 2.24) is 15.0 Å². The van der Waals surface area contributed by atoms with Crippen LogP contribution in [0, 0.1) is 12.7 Å². The summed E-state index contributed by atoms with van der Waals surface area (Å²) in [5, 5.41) is 14.6. The van der Waals surface area contributed by atoms with Crippen LogP contribution in [-0.4, -0.2) is 26.3 Å². The second-order valence-electron chi connectivity index (χ2n) is 8.74. The fourth-order valence-corrected chi connectivity index (χ4v) is 3.94. The number of aldehydes is 1. The lowest BCUT2D eigenvalue weighted by Crippen LogP contribution is -2.19. The number of halogens is 2. The van der Waals surface area contributed by atoms with Crippen molar-refractivity contribution >= 4 is 34.5 Å². The maximum Gasteiger partial charge on any atom is 0.159 e. The molecule has 0 spiro atoms.